The second-order valence-electron chi connectivity index (χ2n) is 10.1. The number of furan rings is 1. The number of aromatic nitrogens is 2. The quantitative estimate of drug-likeness (QED) is 0.291. The van der Waals surface area contributed by atoms with E-state index in [1.54, 1.807) is 43.6 Å². The highest BCUT2D eigenvalue weighted by molar-refractivity contribution is 5.85. The molecule has 0 aliphatic rings. The third-order valence-electron chi connectivity index (χ3n) is 7.30. The van der Waals surface area contributed by atoms with Crippen LogP contribution in [-0.4, -0.2) is 21.0 Å². The zero-order valence-corrected chi connectivity index (χ0v) is 22.0. The molecule has 2 aromatic carbocycles. The Hall–Kier alpha value is -4.29. The van der Waals surface area contributed by atoms with Crippen molar-refractivity contribution in [3.05, 3.63) is 130 Å². The number of aliphatic hydroxyl groups is 1. The van der Waals surface area contributed by atoms with Gasteiger partial charge in [-0.2, -0.15) is 0 Å². The summed E-state index contributed by atoms with van der Waals surface area (Å²) in [6.07, 6.45) is 3.35. The molecule has 38 heavy (non-hydrogen) atoms. The monoisotopic (exact) mass is 505 g/mol. The van der Waals surface area contributed by atoms with E-state index in [0.29, 0.717) is 28.1 Å². The molecular formula is C32H31N3O3. The minimum absolute atomic E-state index is 0.326. The lowest BCUT2D eigenvalue weighted by Gasteiger charge is -2.27. The highest BCUT2D eigenvalue weighted by atomic mass is 16.4. The van der Waals surface area contributed by atoms with Crippen LogP contribution in [0, 0.1) is 20.8 Å². The van der Waals surface area contributed by atoms with Crippen LogP contribution in [0.4, 0.5) is 0 Å². The molecule has 6 heteroatoms. The van der Waals surface area contributed by atoms with Crippen LogP contribution in [-0.2, 0) is 10.4 Å². The van der Waals surface area contributed by atoms with Gasteiger partial charge in [0.1, 0.15) is 16.9 Å². The standard InChI is InChI=1S/C32H31N3O3/c1-19-10-11-23(20(2)16-19)29(22-8-6-5-7-9-22)30(31(33)36)25-12-13-27-26(35-25)17-28(38-27)32(4,37)24-14-15-34-18-21(24)3/h5-18,29-30,37H,1-4H3,(H2,33,36)/t29-,30?,32?/m0/s1. The Morgan fingerprint density at radius 2 is 1.74 bits per heavy atom. The molecular weight excluding hydrogens is 474 g/mol. The molecule has 5 aromatic rings. The molecule has 0 spiro atoms. The van der Waals surface area contributed by atoms with Crippen molar-refractivity contribution in [1.82, 2.24) is 9.97 Å². The summed E-state index contributed by atoms with van der Waals surface area (Å²) in [5.41, 5.74) is 12.1. The molecule has 0 aliphatic carbocycles. The van der Waals surface area contributed by atoms with Crippen molar-refractivity contribution in [3.8, 4) is 0 Å². The van der Waals surface area contributed by atoms with Gasteiger partial charge in [0.2, 0.25) is 5.91 Å². The maximum absolute atomic E-state index is 13.1. The van der Waals surface area contributed by atoms with Gasteiger partial charge in [-0.15, -0.1) is 0 Å². The van der Waals surface area contributed by atoms with Crippen molar-refractivity contribution < 1.29 is 14.3 Å². The molecule has 0 fully saturated rings. The first-order chi connectivity index (χ1) is 18.2. The van der Waals surface area contributed by atoms with E-state index in [-0.39, 0.29) is 5.92 Å². The lowest BCUT2D eigenvalue weighted by Crippen LogP contribution is -2.29. The number of carbonyl (C=O) groups excluding carboxylic acids is 1. The van der Waals surface area contributed by atoms with Crippen molar-refractivity contribution in [2.75, 3.05) is 0 Å². The highest BCUT2D eigenvalue weighted by Gasteiger charge is 2.35. The highest BCUT2D eigenvalue weighted by Crippen LogP contribution is 2.41. The molecule has 3 atom stereocenters. The number of pyridine rings is 2. The Morgan fingerprint density at radius 3 is 2.42 bits per heavy atom. The predicted molar refractivity (Wildman–Crippen MR) is 148 cm³/mol. The number of aryl methyl sites for hydroxylation is 3. The van der Waals surface area contributed by atoms with Crippen LogP contribution in [0.25, 0.3) is 11.1 Å². The van der Waals surface area contributed by atoms with E-state index in [2.05, 4.69) is 30.1 Å². The Bertz CT molecular complexity index is 1620. The number of rotatable bonds is 7. The van der Waals surface area contributed by atoms with Gasteiger partial charge in [0.05, 0.1) is 11.6 Å². The second kappa shape index (κ2) is 9.88. The van der Waals surface area contributed by atoms with E-state index in [0.717, 1.165) is 27.8 Å². The molecule has 2 unspecified atom stereocenters. The topological polar surface area (TPSA) is 102 Å². The molecule has 0 aliphatic heterocycles. The SMILES string of the molecule is Cc1ccc([C@H](c2ccccc2)C(C(N)=O)c2ccc3oc(C(C)(O)c4ccncc4C)cc3n2)c(C)c1. The smallest absolute Gasteiger partial charge is 0.227 e. The van der Waals surface area contributed by atoms with Crippen LogP contribution in [0.2, 0.25) is 0 Å². The molecule has 5 rings (SSSR count). The van der Waals surface area contributed by atoms with E-state index in [1.807, 2.05) is 44.2 Å². The fourth-order valence-corrected chi connectivity index (χ4v) is 5.37. The van der Waals surface area contributed by atoms with Gasteiger partial charge in [-0.05, 0) is 73.7 Å². The number of hydrogen-bond acceptors (Lipinski definition) is 5. The van der Waals surface area contributed by atoms with E-state index in [1.165, 1.54) is 0 Å². The van der Waals surface area contributed by atoms with Crippen molar-refractivity contribution in [2.45, 2.75) is 45.1 Å². The average Bonchev–Trinajstić information content (AvgIpc) is 3.33. The minimum atomic E-state index is -1.39. The van der Waals surface area contributed by atoms with E-state index in [9.17, 15) is 9.90 Å². The first kappa shape index (κ1) is 25.4. The Balaban J connectivity index is 1.63. The van der Waals surface area contributed by atoms with Gasteiger partial charge in [-0.25, -0.2) is 4.98 Å². The summed E-state index contributed by atoms with van der Waals surface area (Å²) < 4.78 is 6.05. The molecule has 6 nitrogen and oxygen atoms in total. The first-order valence-electron chi connectivity index (χ1n) is 12.6. The van der Waals surface area contributed by atoms with Gasteiger partial charge >= 0.3 is 0 Å². The molecule has 192 valence electrons. The summed E-state index contributed by atoms with van der Waals surface area (Å²) in [6, 6.07) is 23.2. The zero-order valence-electron chi connectivity index (χ0n) is 22.0. The van der Waals surface area contributed by atoms with Crippen LogP contribution >= 0.6 is 0 Å². The van der Waals surface area contributed by atoms with Crippen LogP contribution in [0.3, 0.4) is 0 Å². The lowest BCUT2D eigenvalue weighted by atomic mass is 9.76. The van der Waals surface area contributed by atoms with Gasteiger partial charge in [0, 0.05) is 24.4 Å². The maximum atomic E-state index is 13.1. The fourth-order valence-electron chi connectivity index (χ4n) is 5.37. The van der Waals surface area contributed by atoms with Gasteiger partial charge in [0.15, 0.2) is 5.58 Å². The van der Waals surface area contributed by atoms with Crippen LogP contribution in [0.15, 0.2) is 89.6 Å². The molecule has 1 amide bonds. The molecule has 0 bridgehead atoms. The predicted octanol–water partition coefficient (Wildman–Crippen LogP) is 5.80. The Labute approximate surface area is 222 Å². The molecule has 3 heterocycles. The number of benzene rings is 2. The Morgan fingerprint density at radius 1 is 0.974 bits per heavy atom. The summed E-state index contributed by atoms with van der Waals surface area (Å²) >= 11 is 0. The normalized spacial score (nSPS) is 14.7. The average molecular weight is 506 g/mol. The van der Waals surface area contributed by atoms with Crippen molar-refractivity contribution in [1.29, 1.82) is 0 Å². The van der Waals surface area contributed by atoms with E-state index < -0.39 is 17.4 Å². The number of nitrogens with zero attached hydrogens (tertiary/aromatic N) is 2. The van der Waals surface area contributed by atoms with Gasteiger partial charge < -0.3 is 15.3 Å². The molecule has 3 aromatic heterocycles. The third-order valence-corrected chi connectivity index (χ3v) is 7.30. The van der Waals surface area contributed by atoms with E-state index in [4.69, 9.17) is 15.1 Å². The number of primary amides is 1. The van der Waals surface area contributed by atoms with Crippen LogP contribution < -0.4 is 5.73 Å². The molecule has 0 saturated carbocycles. The van der Waals surface area contributed by atoms with Crippen molar-refractivity contribution >= 4 is 17.0 Å². The molecule has 0 saturated heterocycles. The lowest BCUT2D eigenvalue weighted by molar-refractivity contribution is -0.119. The maximum Gasteiger partial charge on any atom is 0.227 e. The largest absolute Gasteiger partial charge is 0.456 e. The van der Waals surface area contributed by atoms with Gasteiger partial charge in [0.25, 0.3) is 0 Å². The molecule has 3 N–H and O–H groups in total. The summed E-state index contributed by atoms with van der Waals surface area (Å²) in [5, 5.41) is 11.4. The van der Waals surface area contributed by atoms with E-state index >= 15 is 0 Å². The third kappa shape index (κ3) is 4.59. The number of hydrogen-bond donors (Lipinski definition) is 2. The zero-order chi connectivity index (χ0) is 27.0. The summed E-state index contributed by atoms with van der Waals surface area (Å²) in [4.78, 5) is 22.1. The van der Waals surface area contributed by atoms with Crippen LogP contribution in [0.1, 0.15) is 63.6 Å². The number of amides is 1. The summed E-state index contributed by atoms with van der Waals surface area (Å²) in [6.45, 7) is 7.68. The van der Waals surface area contributed by atoms with Crippen LogP contribution in [0.5, 0.6) is 0 Å². The molecule has 0 radical (unpaired) electrons. The number of nitrogens with two attached hydrogens (primary N) is 1. The van der Waals surface area contributed by atoms with Crippen molar-refractivity contribution in [3.63, 3.8) is 0 Å². The number of carbonyl (C=O) groups is 1. The first-order valence-corrected chi connectivity index (χ1v) is 12.6. The Kier molecular flexibility index (Phi) is 6.59. The summed E-state index contributed by atoms with van der Waals surface area (Å²) in [5.74, 6) is -1.15. The van der Waals surface area contributed by atoms with Gasteiger partial charge in [-0.1, -0.05) is 54.1 Å². The second-order valence-corrected chi connectivity index (χ2v) is 10.1. The minimum Gasteiger partial charge on any atom is -0.456 e. The number of fused-ring (bicyclic) bond motifs is 1. The summed E-state index contributed by atoms with van der Waals surface area (Å²) in [7, 11) is 0. The fraction of sp³-hybridized carbons (Fsp3) is 0.219. The van der Waals surface area contributed by atoms with Gasteiger partial charge in [-0.3, -0.25) is 9.78 Å². The van der Waals surface area contributed by atoms with Crippen molar-refractivity contribution in [2.24, 2.45) is 5.73 Å².